The summed E-state index contributed by atoms with van der Waals surface area (Å²) in [6.45, 7) is 4.64. The van der Waals surface area contributed by atoms with E-state index in [0.29, 0.717) is 5.92 Å². The van der Waals surface area contributed by atoms with Crippen molar-refractivity contribution in [3.05, 3.63) is 0 Å². The van der Waals surface area contributed by atoms with Crippen LogP contribution in [-0.2, 0) is 0 Å². The highest BCUT2D eigenvalue weighted by molar-refractivity contribution is 9.09. The third-order valence-electron chi connectivity index (χ3n) is 5.59. The molecule has 0 aliphatic carbocycles. The molecule has 3 heteroatoms. The topological polar surface area (TPSA) is 26.0 Å². The molecule has 0 aromatic carbocycles. The van der Waals surface area contributed by atoms with E-state index in [1.165, 1.54) is 83.5 Å². The Labute approximate surface area is 169 Å². The molecule has 1 atom stereocenters. The van der Waals surface area contributed by atoms with Gasteiger partial charge in [-0.3, -0.25) is 0 Å². The van der Waals surface area contributed by atoms with E-state index in [-0.39, 0.29) is 5.54 Å². The molecule has 0 bridgehead atoms. The van der Waals surface area contributed by atoms with Gasteiger partial charge >= 0.3 is 0 Å². The fraction of sp³-hybridized carbons (Fsp3) is 1.00. The van der Waals surface area contributed by atoms with Crippen molar-refractivity contribution in [1.82, 2.24) is 0 Å². The van der Waals surface area contributed by atoms with Crippen LogP contribution >= 0.6 is 31.9 Å². The molecule has 0 amide bonds. The summed E-state index contributed by atoms with van der Waals surface area (Å²) in [5.41, 5.74) is 6.65. The van der Waals surface area contributed by atoms with E-state index >= 15 is 0 Å². The van der Waals surface area contributed by atoms with Gasteiger partial charge in [-0.05, 0) is 25.2 Å². The Morgan fingerprint density at radius 3 is 1.46 bits per heavy atom. The van der Waals surface area contributed by atoms with Gasteiger partial charge in [0.2, 0.25) is 0 Å². The van der Waals surface area contributed by atoms with Crippen LogP contribution in [0.4, 0.5) is 0 Å². The fourth-order valence-corrected chi connectivity index (χ4v) is 5.03. The Morgan fingerprint density at radius 1 is 0.708 bits per heavy atom. The zero-order valence-corrected chi connectivity index (χ0v) is 19.6. The molecule has 0 fully saturated rings. The Hall–Kier alpha value is 0.920. The maximum absolute atomic E-state index is 6.64. The van der Waals surface area contributed by atoms with Crippen molar-refractivity contribution in [3.63, 3.8) is 0 Å². The predicted molar refractivity (Wildman–Crippen MR) is 119 cm³/mol. The minimum Gasteiger partial charge on any atom is -0.325 e. The summed E-state index contributed by atoms with van der Waals surface area (Å²) in [4.78, 5) is 0. The molecule has 0 saturated carbocycles. The quantitative estimate of drug-likeness (QED) is 0.160. The van der Waals surface area contributed by atoms with Gasteiger partial charge in [0.05, 0.1) is 0 Å². The fourth-order valence-electron chi connectivity index (χ4n) is 3.55. The van der Waals surface area contributed by atoms with Gasteiger partial charge in [0.1, 0.15) is 0 Å². The highest BCUT2D eigenvalue weighted by Crippen LogP contribution is 2.29. The van der Waals surface area contributed by atoms with Gasteiger partial charge in [-0.25, -0.2) is 0 Å². The lowest BCUT2D eigenvalue weighted by atomic mass is 9.78. The molecule has 0 spiro atoms. The van der Waals surface area contributed by atoms with Crippen molar-refractivity contribution >= 4 is 31.9 Å². The summed E-state index contributed by atoms with van der Waals surface area (Å²) in [5.74, 6) is 0.621. The second kappa shape index (κ2) is 17.3. The van der Waals surface area contributed by atoms with E-state index in [0.717, 1.165) is 23.5 Å². The first-order valence-electron chi connectivity index (χ1n) is 10.5. The van der Waals surface area contributed by atoms with E-state index in [2.05, 4.69) is 45.7 Å². The van der Waals surface area contributed by atoms with Crippen molar-refractivity contribution in [2.24, 2.45) is 11.7 Å². The normalized spacial score (nSPS) is 13.4. The van der Waals surface area contributed by atoms with Gasteiger partial charge in [0.15, 0.2) is 0 Å². The average Bonchev–Trinajstić information content (AvgIpc) is 2.56. The molecule has 0 radical (unpaired) electrons. The van der Waals surface area contributed by atoms with E-state index in [1.54, 1.807) is 0 Å². The molecule has 1 nitrogen and oxygen atoms in total. The first-order chi connectivity index (χ1) is 11.6. The molecule has 0 heterocycles. The molecule has 0 aliphatic rings. The number of hydrogen-bond acceptors (Lipinski definition) is 1. The van der Waals surface area contributed by atoms with Crippen LogP contribution < -0.4 is 5.73 Å². The Balaban J connectivity index is 3.51. The van der Waals surface area contributed by atoms with Crippen molar-refractivity contribution in [2.45, 2.75) is 116 Å². The molecular formula is C21H43Br2N. The summed E-state index contributed by atoms with van der Waals surface area (Å²) in [6, 6.07) is 0. The SMILES string of the molecule is CCCCCCCCCCCCCCC(C)C(N)(CCBr)CCBr. The molecule has 0 aromatic heterocycles. The third kappa shape index (κ3) is 13.2. The molecule has 0 aromatic rings. The van der Waals surface area contributed by atoms with Crippen LogP contribution in [0.3, 0.4) is 0 Å². The lowest BCUT2D eigenvalue weighted by Crippen LogP contribution is -2.47. The summed E-state index contributed by atoms with van der Waals surface area (Å²) in [5, 5.41) is 2.03. The number of nitrogens with two attached hydrogens (primary N) is 1. The van der Waals surface area contributed by atoms with Crippen molar-refractivity contribution in [3.8, 4) is 0 Å². The van der Waals surface area contributed by atoms with Crippen LogP contribution in [0.2, 0.25) is 0 Å². The second-order valence-electron chi connectivity index (χ2n) is 7.69. The van der Waals surface area contributed by atoms with E-state index in [1.807, 2.05) is 0 Å². The van der Waals surface area contributed by atoms with Gasteiger partial charge < -0.3 is 5.73 Å². The van der Waals surface area contributed by atoms with Crippen LogP contribution in [0.15, 0.2) is 0 Å². The van der Waals surface area contributed by atoms with E-state index in [9.17, 15) is 0 Å². The first-order valence-corrected chi connectivity index (χ1v) is 12.8. The van der Waals surface area contributed by atoms with Gasteiger partial charge in [0.25, 0.3) is 0 Å². The van der Waals surface area contributed by atoms with Gasteiger partial charge in [-0.1, -0.05) is 123 Å². The Bertz CT molecular complexity index is 252. The van der Waals surface area contributed by atoms with Crippen molar-refractivity contribution in [1.29, 1.82) is 0 Å². The third-order valence-corrected chi connectivity index (χ3v) is 6.39. The number of hydrogen-bond donors (Lipinski definition) is 1. The van der Waals surface area contributed by atoms with Crippen LogP contribution in [0.5, 0.6) is 0 Å². The Kier molecular flexibility index (Phi) is 18.0. The van der Waals surface area contributed by atoms with Crippen LogP contribution in [0.1, 0.15) is 110 Å². The van der Waals surface area contributed by atoms with E-state index in [4.69, 9.17) is 5.73 Å². The number of alkyl halides is 2. The lowest BCUT2D eigenvalue weighted by molar-refractivity contribution is 0.254. The van der Waals surface area contributed by atoms with E-state index < -0.39 is 0 Å². The molecular weight excluding hydrogens is 426 g/mol. The van der Waals surface area contributed by atoms with Gasteiger partial charge in [-0.15, -0.1) is 0 Å². The molecule has 146 valence electrons. The molecule has 24 heavy (non-hydrogen) atoms. The molecule has 0 aliphatic heterocycles. The second-order valence-corrected chi connectivity index (χ2v) is 9.28. The minimum absolute atomic E-state index is 0.00474. The predicted octanol–water partition coefficient (Wildman–Crippen LogP) is 7.98. The zero-order chi connectivity index (χ0) is 18.1. The number of halogens is 2. The number of rotatable bonds is 18. The summed E-state index contributed by atoms with van der Waals surface area (Å²) < 4.78 is 0. The van der Waals surface area contributed by atoms with Crippen LogP contribution in [0, 0.1) is 5.92 Å². The maximum Gasteiger partial charge on any atom is 0.0196 e. The summed E-state index contributed by atoms with van der Waals surface area (Å²) in [7, 11) is 0. The highest BCUT2D eigenvalue weighted by Gasteiger charge is 2.29. The first kappa shape index (κ1) is 24.9. The summed E-state index contributed by atoms with van der Waals surface area (Å²) >= 11 is 7.14. The molecule has 0 saturated heterocycles. The molecule has 1 unspecified atom stereocenters. The van der Waals surface area contributed by atoms with Crippen LogP contribution in [-0.4, -0.2) is 16.2 Å². The zero-order valence-electron chi connectivity index (χ0n) is 16.4. The number of unbranched alkanes of at least 4 members (excludes halogenated alkanes) is 11. The van der Waals surface area contributed by atoms with Gasteiger partial charge in [-0.2, -0.15) is 0 Å². The maximum atomic E-state index is 6.64. The largest absolute Gasteiger partial charge is 0.325 e. The summed E-state index contributed by atoms with van der Waals surface area (Å²) in [6.07, 6.45) is 20.5. The molecule has 0 rings (SSSR count). The smallest absolute Gasteiger partial charge is 0.0196 e. The average molecular weight is 469 g/mol. The van der Waals surface area contributed by atoms with Gasteiger partial charge in [0, 0.05) is 16.2 Å². The van der Waals surface area contributed by atoms with Crippen molar-refractivity contribution in [2.75, 3.05) is 10.7 Å². The highest BCUT2D eigenvalue weighted by atomic mass is 79.9. The lowest BCUT2D eigenvalue weighted by Gasteiger charge is -2.35. The van der Waals surface area contributed by atoms with Crippen molar-refractivity contribution < 1.29 is 0 Å². The van der Waals surface area contributed by atoms with Crippen LogP contribution in [0.25, 0.3) is 0 Å². The Morgan fingerprint density at radius 2 is 1.08 bits per heavy atom. The monoisotopic (exact) mass is 467 g/mol. The minimum atomic E-state index is 0.00474. The molecule has 2 N–H and O–H groups in total. The standard InChI is InChI=1S/C21H43Br2N/c1-3-4-5-6-7-8-9-10-11-12-13-14-15-20(2)21(24,16-18-22)17-19-23/h20H,3-19,24H2,1-2H3.